The molecule has 106 valence electrons. The van der Waals surface area contributed by atoms with E-state index in [1.807, 2.05) is 6.07 Å². The van der Waals surface area contributed by atoms with Crippen molar-refractivity contribution in [3.05, 3.63) is 22.6 Å². The Balaban J connectivity index is 1.77. The highest BCUT2D eigenvalue weighted by atomic mass is 79.9. The van der Waals surface area contributed by atoms with Crippen molar-refractivity contribution in [1.29, 1.82) is 0 Å². The highest BCUT2D eigenvalue weighted by molar-refractivity contribution is 9.10. The molecule has 3 rings (SSSR count). The van der Waals surface area contributed by atoms with E-state index in [-0.39, 0.29) is 6.04 Å². The molecule has 0 saturated carbocycles. The van der Waals surface area contributed by atoms with Gasteiger partial charge < -0.3 is 10.2 Å². The van der Waals surface area contributed by atoms with Gasteiger partial charge in [0.25, 0.3) is 0 Å². The van der Waals surface area contributed by atoms with Gasteiger partial charge in [0, 0.05) is 25.7 Å². The Bertz CT molecular complexity index is 423. The second-order valence-electron chi connectivity index (χ2n) is 5.56. The minimum Gasteiger partial charge on any atom is -0.466 e. The van der Waals surface area contributed by atoms with Gasteiger partial charge in [-0.3, -0.25) is 9.80 Å². The Morgan fingerprint density at radius 1 is 1.37 bits per heavy atom. The van der Waals surface area contributed by atoms with Crippen molar-refractivity contribution in [3.8, 4) is 0 Å². The van der Waals surface area contributed by atoms with Gasteiger partial charge in [-0.05, 0) is 54.3 Å². The lowest BCUT2D eigenvalue weighted by Crippen LogP contribution is -2.40. The van der Waals surface area contributed by atoms with Crippen molar-refractivity contribution in [3.63, 3.8) is 0 Å². The summed E-state index contributed by atoms with van der Waals surface area (Å²) in [6, 6.07) is 2.87. The maximum atomic E-state index is 6.02. The molecule has 2 aliphatic heterocycles. The zero-order valence-corrected chi connectivity index (χ0v) is 12.8. The monoisotopic (exact) mass is 327 g/mol. The van der Waals surface area contributed by atoms with Crippen molar-refractivity contribution >= 4 is 15.9 Å². The zero-order valence-electron chi connectivity index (χ0n) is 11.2. The molecule has 0 radical (unpaired) electrons. The van der Waals surface area contributed by atoms with E-state index < -0.39 is 0 Å². The van der Waals surface area contributed by atoms with Crippen LogP contribution in [0, 0.1) is 0 Å². The number of furan rings is 1. The molecular formula is C14H22BrN3O. The van der Waals surface area contributed by atoms with Gasteiger partial charge >= 0.3 is 0 Å². The maximum Gasteiger partial charge on any atom is 0.136 e. The fourth-order valence-corrected chi connectivity index (χ4v) is 3.95. The van der Waals surface area contributed by atoms with Crippen LogP contribution in [0.25, 0.3) is 0 Å². The summed E-state index contributed by atoms with van der Waals surface area (Å²) in [4.78, 5) is 5.16. The summed E-state index contributed by atoms with van der Waals surface area (Å²) >= 11 is 3.56. The van der Waals surface area contributed by atoms with E-state index in [9.17, 15) is 0 Å². The lowest BCUT2D eigenvalue weighted by molar-refractivity contribution is 0.159. The maximum absolute atomic E-state index is 6.02. The van der Waals surface area contributed by atoms with Gasteiger partial charge in [0.15, 0.2) is 0 Å². The van der Waals surface area contributed by atoms with Crippen LogP contribution in [-0.2, 0) is 0 Å². The lowest BCUT2D eigenvalue weighted by atomic mass is 10.1. The second kappa shape index (κ2) is 5.95. The summed E-state index contributed by atoms with van der Waals surface area (Å²) in [6.07, 6.45) is 5.64. The molecular weight excluding hydrogens is 306 g/mol. The van der Waals surface area contributed by atoms with Crippen molar-refractivity contribution in [1.82, 2.24) is 9.80 Å². The minimum absolute atomic E-state index is 0.199. The number of fused-ring (bicyclic) bond motifs is 1. The molecule has 2 saturated heterocycles. The predicted molar refractivity (Wildman–Crippen MR) is 79.0 cm³/mol. The number of nitrogens with two attached hydrogens (primary N) is 1. The average Bonchev–Trinajstić information content (AvgIpc) is 2.97. The molecule has 4 nitrogen and oxygen atoms in total. The Morgan fingerprint density at radius 2 is 2.21 bits per heavy atom. The van der Waals surface area contributed by atoms with E-state index in [1.165, 1.54) is 32.4 Å². The largest absolute Gasteiger partial charge is 0.466 e. The van der Waals surface area contributed by atoms with Crippen molar-refractivity contribution < 1.29 is 4.42 Å². The van der Waals surface area contributed by atoms with E-state index in [4.69, 9.17) is 10.2 Å². The van der Waals surface area contributed by atoms with Crippen LogP contribution in [0.4, 0.5) is 0 Å². The van der Waals surface area contributed by atoms with Crippen LogP contribution in [0.2, 0.25) is 0 Å². The molecule has 2 N–H and O–H groups in total. The third-order valence-corrected chi connectivity index (χ3v) is 5.10. The van der Waals surface area contributed by atoms with Gasteiger partial charge in [-0.15, -0.1) is 0 Å². The second-order valence-corrected chi connectivity index (χ2v) is 6.42. The first kappa shape index (κ1) is 13.6. The number of hydrogen-bond acceptors (Lipinski definition) is 4. The molecule has 2 atom stereocenters. The Hall–Kier alpha value is -0.360. The van der Waals surface area contributed by atoms with Crippen LogP contribution in [0.15, 0.2) is 21.2 Å². The Kier molecular flexibility index (Phi) is 4.27. The van der Waals surface area contributed by atoms with Crippen LogP contribution >= 0.6 is 15.9 Å². The number of hydrogen-bond donors (Lipinski definition) is 1. The third kappa shape index (κ3) is 2.75. The third-order valence-electron chi connectivity index (χ3n) is 4.45. The Morgan fingerprint density at radius 3 is 2.95 bits per heavy atom. The van der Waals surface area contributed by atoms with Crippen molar-refractivity contribution in [2.45, 2.75) is 31.3 Å². The standard InChI is InChI=1S/C14H22BrN3O/c15-12-4-8-19-14(12)13(9-16)18-7-2-6-17-5-1-3-11(17)10-18/h4,8,11,13H,1-3,5-7,9-10,16H2. The first-order valence-electron chi connectivity index (χ1n) is 7.20. The SMILES string of the molecule is NCC(c1occc1Br)N1CCCN2CCCC2C1. The van der Waals surface area contributed by atoms with Crippen LogP contribution in [-0.4, -0.2) is 48.6 Å². The molecule has 2 unspecified atom stereocenters. The fraction of sp³-hybridized carbons (Fsp3) is 0.714. The average molecular weight is 328 g/mol. The molecule has 0 bridgehead atoms. The van der Waals surface area contributed by atoms with E-state index >= 15 is 0 Å². The lowest BCUT2D eigenvalue weighted by Gasteiger charge is -2.31. The van der Waals surface area contributed by atoms with Crippen molar-refractivity contribution in [2.24, 2.45) is 5.73 Å². The highest BCUT2D eigenvalue weighted by Gasteiger charge is 2.33. The summed E-state index contributed by atoms with van der Waals surface area (Å²) in [5.74, 6) is 0.981. The van der Waals surface area contributed by atoms with Crippen LogP contribution in [0.3, 0.4) is 0 Å². The molecule has 5 heteroatoms. The van der Waals surface area contributed by atoms with Gasteiger partial charge in [-0.2, -0.15) is 0 Å². The smallest absolute Gasteiger partial charge is 0.136 e. The Labute approximate surface area is 123 Å². The molecule has 1 aromatic rings. The van der Waals surface area contributed by atoms with E-state index in [0.29, 0.717) is 12.6 Å². The van der Waals surface area contributed by atoms with Crippen LogP contribution < -0.4 is 5.73 Å². The summed E-state index contributed by atoms with van der Waals surface area (Å²) in [6.45, 7) is 5.35. The summed E-state index contributed by atoms with van der Waals surface area (Å²) in [7, 11) is 0. The number of rotatable bonds is 3. The quantitative estimate of drug-likeness (QED) is 0.924. The van der Waals surface area contributed by atoms with Gasteiger partial charge in [0.2, 0.25) is 0 Å². The molecule has 0 aromatic carbocycles. The van der Waals surface area contributed by atoms with E-state index in [2.05, 4.69) is 25.7 Å². The van der Waals surface area contributed by atoms with Gasteiger partial charge in [-0.25, -0.2) is 0 Å². The zero-order chi connectivity index (χ0) is 13.2. The van der Waals surface area contributed by atoms with Crippen molar-refractivity contribution in [2.75, 3.05) is 32.7 Å². The molecule has 0 amide bonds. The normalized spacial score (nSPS) is 27.2. The molecule has 0 aliphatic carbocycles. The summed E-state index contributed by atoms with van der Waals surface area (Å²) < 4.78 is 6.68. The molecule has 19 heavy (non-hydrogen) atoms. The van der Waals surface area contributed by atoms with Gasteiger partial charge in [-0.1, -0.05) is 0 Å². The number of halogens is 1. The summed E-state index contributed by atoms with van der Waals surface area (Å²) in [5, 5.41) is 0. The highest BCUT2D eigenvalue weighted by Crippen LogP contribution is 2.31. The van der Waals surface area contributed by atoms with E-state index in [1.54, 1.807) is 6.26 Å². The topological polar surface area (TPSA) is 45.6 Å². The molecule has 0 spiro atoms. The number of nitrogens with zero attached hydrogens (tertiary/aromatic N) is 2. The van der Waals surface area contributed by atoms with Crippen LogP contribution in [0.5, 0.6) is 0 Å². The molecule has 2 fully saturated rings. The molecule has 1 aromatic heterocycles. The summed E-state index contributed by atoms with van der Waals surface area (Å²) in [5.41, 5.74) is 6.02. The molecule has 2 aliphatic rings. The minimum atomic E-state index is 0.199. The van der Waals surface area contributed by atoms with Gasteiger partial charge in [0.05, 0.1) is 16.8 Å². The first-order chi connectivity index (χ1) is 9.29. The van der Waals surface area contributed by atoms with Crippen LogP contribution in [0.1, 0.15) is 31.1 Å². The molecule has 3 heterocycles. The van der Waals surface area contributed by atoms with Gasteiger partial charge in [0.1, 0.15) is 5.76 Å². The first-order valence-corrected chi connectivity index (χ1v) is 8.00. The predicted octanol–water partition coefficient (Wildman–Crippen LogP) is 2.21. The van der Waals surface area contributed by atoms with E-state index in [0.717, 1.165) is 23.3 Å². The fourth-order valence-electron chi connectivity index (χ4n) is 3.48.